The Morgan fingerprint density at radius 3 is 2.55 bits per heavy atom. The predicted molar refractivity (Wildman–Crippen MR) is 110 cm³/mol. The quantitative estimate of drug-likeness (QED) is 0.768. The maximum absolute atomic E-state index is 13.2. The van der Waals surface area contributed by atoms with Crippen molar-refractivity contribution in [2.45, 2.75) is 59.5 Å². The molecular formula is C23H29NO5. The van der Waals surface area contributed by atoms with Crippen molar-refractivity contribution in [3.63, 3.8) is 0 Å². The highest BCUT2D eigenvalue weighted by molar-refractivity contribution is 6.09. The number of rotatable bonds is 4. The van der Waals surface area contributed by atoms with Crippen LogP contribution >= 0.6 is 0 Å². The predicted octanol–water partition coefficient (Wildman–Crippen LogP) is 4.17. The van der Waals surface area contributed by atoms with E-state index in [1.807, 2.05) is 13.8 Å². The first kappa shape index (κ1) is 21.1. The smallest absolute Gasteiger partial charge is 0.315 e. The van der Waals surface area contributed by atoms with Gasteiger partial charge >= 0.3 is 5.97 Å². The maximum Gasteiger partial charge on any atom is 0.315 e. The van der Waals surface area contributed by atoms with Crippen LogP contribution in [0.2, 0.25) is 0 Å². The van der Waals surface area contributed by atoms with Crippen LogP contribution in [-0.2, 0) is 14.3 Å². The summed E-state index contributed by atoms with van der Waals surface area (Å²) in [7, 11) is 1.47. The van der Waals surface area contributed by atoms with Crippen LogP contribution in [0, 0.1) is 11.3 Å². The van der Waals surface area contributed by atoms with Crippen LogP contribution in [0.5, 0.6) is 11.5 Å². The molecule has 0 aromatic heterocycles. The Balaban J connectivity index is 2.17. The number of hydrogen-bond donors (Lipinski definition) is 1. The Kier molecular flexibility index (Phi) is 5.57. The molecule has 1 heterocycles. The molecule has 6 heteroatoms. The first-order valence-corrected chi connectivity index (χ1v) is 9.93. The van der Waals surface area contributed by atoms with E-state index in [1.165, 1.54) is 7.11 Å². The number of ketones is 1. The van der Waals surface area contributed by atoms with E-state index in [2.05, 4.69) is 4.99 Å². The number of carbonyl (C=O) groups is 2. The monoisotopic (exact) mass is 399 g/mol. The van der Waals surface area contributed by atoms with Gasteiger partial charge in [0, 0.05) is 29.3 Å². The highest BCUT2D eigenvalue weighted by atomic mass is 16.5. The summed E-state index contributed by atoms with van der Waals surface area (Å²) in [5.41, 5.74) is 2.41. The van der Waals surface area contributed by atoms with Crippen LogP contribution in [0.3, 0.4) is 0 Å². The molecule has 1 aliphatic carbocycles. The number of allylic oxidation sites excluding steroid dienone is 2. The minimum Gasteiger partial charge on any atom is -0.504 e. The number of ether oxygens (including phenoxy) is 2. The van der Waals surface area contributed by atoms with Crippen molar-refractivity contribution in [3.8, 4) is 11.5 Å². The molecular weight excluding hydrogens is 370 g/mol. The van der Waals surface area contributed by atoms with Crippen molar-refractivity contribution in [2.24, 2.45) is 16.3 Å². The molecule has 0 saturated heterocycles. The fraction of sp³-hybridized carbons (Fsp3) is 0.522. The zero-order valence-electron chi connectivity index (χ0n) is 17.9. The van der Waals surface area contributed by atoms with Crippen LogP contribution in [0.15, 0.2) is 34.5 Å². The van der Waals surface area contributed by atoms with Gasteiger partial charge < -0.3 is 14.6 Å². The number of hydrogen-bond acceptors (Lipinski definition) is 6. The number of aliphatic imine (C=N–C) groups is 1. The lowest BCUT2D eigenvalue weighted by atomic mass is 9.67. The molecule has 1 aliphatic heterocycles. The van der Waals surface area contributed by atoms with Gasteiger partial charge in [-0.1, -0.05) is 19.9 Å². The molecule has 6 nitrogen and oxygen atoms in total. The summed E-state index contributed by atoms with van der Waals surface area (Å²) in [5, 5.41) is 10.3. The molecule has 2 aliphatic rings. The summed E-state index contributed by atoms with van der Waals surface area (Å²) < 4.78 is 10.6. The molecule has 1 aromatic rings. The average molecular weight is 399 g/mol. The third-order valence-corrected chi connectivity index (χ3v) is 5.47. The van der Waals surface area contributed by atoms with Crippen molar-refractivity contribution in [1.29, 1.82) is 0 Å². The van der Waals surface area contributed by atoms with Gasteiger partial charge in [0.15, 0.2) is 17.3 Å². The van der Waals surface area contributed by atoms with Gasteiger partial charge in [0.1, 0.15) is 5.92 Å². The Bertz CT molecular complexity index is 910. The Hall–Kier alpha value is -2.63. The van der Waals surface area contributed by atoms with Crippen LogP contribution in [0.25, 0.3) is 0 Å². The molecule has 1 unspecified atom stereocenters. The topological polar surface area (TPSA) is 85.2 Å². The van der Waals surface area contributed by atoms with Crippen LogP contribution in [-0.4, -0.2) is 35.8 Å². The number of aromatic hydroxyl groups is 1. The highest BCUT2D eigenvalue weighted by Crippen LogP contribution is 2.48. The molecule has 156 valence electrons. The number of carbonyl (C=O) groups excluding carboxylic acids is 2. The van der Waals surface area contributed by atoms with Gasteiger partial charge in [0.05, 0.1) is 13.2 Å². The van der Waals surface area contributed by atoms with Crippen molar-refractivity contribution >= 4 is 17.5 Å². The molecule has 2 atom stereocenters. The van der Waals surface area contributed by atoms with Crippen LogP contribution < -0.4 is 4.74 Å². The number of esters is 1. The lowest BCUT2D eigenvalue weighted by Gasteiger charge is -2.39. The van der Waals surface area contributed by atoms with E-state index in [0.29, 0.717) is 35.4 Å². The minimum atomic E-state index is -0.714. The zero-order chi connectivity index (χ0) is 21.5. The summed E-state index contributed by atoms with van der Waals surface area (Å²) in [6.45, 7) is 9.49. The number of Topliss-reactive ketones (excluding diaryl/α,β-unsaturated/α-hetero) is 1. The molecule has 0 amide bonds. The third-order valence-electron chi connectivity index (χ3n) is 5.47. The molecule has 0 radical (unpaired) electrons. The fourth-order valence-corrected chi connectivity index (χ4v) is 4.32. The number of nitrogens with zero attached hydrogens (tertiary/aromatic N) is 1. The molecule has 29 heavy (non-hydrogen) atoms. The molecule has 0 saturated carbocycles. The van der Waals surface area contributed by atoms with E-state index in [9.17, 15) is 14.7 Å². The molecule has 0 bridgehead atoms. The molecule has 0 fully saturated rings. The fourth-order valence-electron chi connectivity index (χ4n) is 4.32. The van der Waals surface area contributed by atoms with Crippen molar-refractivity contribution < 1.29 is 24.2 Å². The van der Waals surface area contributed by atoms with Gasteiger partial charge in [-0.3, -0.25) is 14.6 Å². The second-order valence-electron chi connectivity index (χ2n) is 8.93. The molecule has 0 spiro atoms. The first-order chi connectivity index (χ1) is 13.5. The summed E-state index contributed by atoms with van der Waals surface area (Å²) in [4.78, 5) is 30.8. The van der Waals surface area contributed by atoms with E-state index < -0.39 is 17.8 Å². The van der Waals surface area contributed by atoms with Gasteiger partial charge in [0.2, 0.25) is 0 Å². The minimum absolute atomic E-state index is 0.00449. The van der Waals surface area contributed by atoms with E-state index in [1.54, 1.807) is 39.0 Å². The summed E-state index contributed by atoms with van der Waals surface area (Å²) in [5.74, 6) is -1.38. The third kappa shape index (κ3) is 4.07. The van der Waals surface area contributed by atoms with Crippen LogP contribution in [0.4, 0.5) is 0 Å². The van der Waals surface area contributed by atoms with Gasteiger partial charge in [-0.05, 0) is 50.3 Å². The molecule has 1 aromatic carbocycles. The lowest BCUT2D eigenvalue weighted by molar-refractivity contribution is -0.150. The standard InChI is InChI=1S/C23H29NO5/c1-12(2)29-22(27)19-13(3)24-15-10-23(4,5)11-17(26)21(15)20(19)14-7-8-18(28-6)16(25)9-14/h7-9,12,19-20,25H,10-11H2,1-6H3/t19?,20-/m0/s1. The summed E-state index contributed by atoms with van der Waals surface area (Å²) in [6, 6.07) is 5.00. The van der Waals surface area contributed by atoms with E-state index >= 15 is 0 Å². The van der Waals surface area contributed by atoms with E-state index in [4.69, 9.17) is 9.47 Å². The SMILES string of the molecule is COc1ccc([C@@H]2C3=C(CC(C)(C)CC3=O)N=C(C)C2C(=O)OC(C)C)cc1O. The number of methoxy groups -OCH3 is 1. The second kappa shape index (κ2) is 7.65. The Morgan fingerprint density at radius 1 is 1.28 bits per heavy atom. The maximum atomic E-state index is 13.2. The lowest BCUT2D eigenvalue weighted by Crippen LogP contribution is -2.40. The number of benzene rings is 1. The zero-order valence-corrected chi connectivity index (χ0v) is 17.9. The molecule has 3 rings (SSSR count). The average Bonchev–Trinajstić information content (AvgIpc) is 2.58. The normalized spacial score (nSPS) is 23.6. The Labute approximate surface area is 171 Å². The number of phenolic OH excluding ortho intramolecular Hbond substituents is 1. The molecule has 1 N–H and O–H groups in total. The van der Waals surface area contributed by atoms with Crippen LogP contribution in [0.1, 0.15) is 58.9 Å². The van der Waals surface area contributed by atoms with Gasteiger partial charge in [-0.15, -0.1) is 0 Å². The van der Waals surface area contributed by atoms with Crippen molar-refractivity contribution in [1.82, 2.24) is 0 Å². The number of phenols is 1. The van der Waals surface area contributed by atoms with E-state index in [0.717, 1.165) is 5.70 Å². The van der Waals surface area contributed by atoms with Crippen molar-refractivity contribution in [3.05, 3.63) is 35.0 Å². The van der Waals surface area contributed by atoms with Crippen molar-refractivity contribution in [2.75, 3.05) is 7.11 Å². The summed E-state index contributed by atoms with van der Waals surface area (Å²) in [6.07, 6.45) is 0.776. The summed E-state index contributed by atoms with van der Waals surface area (Å²) >= 11 is 0. The van der Waals surface area contributed by atoms with Gasteiger partial charge in [0.25, 0.3) is 0 Å². The van der Waals surface area contributed by atoms with E-state index in [-0.39, 0.29) is 23.1 Å². The van der Waals surface area contributed by atoms with Gasteiger partial charge in [-0.25, -0.2) is 0 Å². The Morgan fingerprint density at radius 2 is 1.97 bits per heavy atom. The van der Waals surface area contributed by atoms with Gasteiger partial charge in [-0.2, -0.15) is 0 Å². The second-order valence-corrected chi connectivity index (χ2v) is 8.93. The highest BCUT2D eigenvalue weighted by Gasteiger charge is 2.46. The first-order valence-electron chi connectivity index (χ1n) is 9.93. The largest absolute Gasteiger partial charge is 0.504 e.